The normalized spacial score (nSPS) is 13.8. The van der Waals surface area contributed by atoms with Crippen LogP contribution in [0.1, 0.15) is 15.9 Å². The maximum atomic E-state index is 12.6. The van der Waals surface area contributed by atoms with E-state index in [9.17, 15) is 22.0 Å². The molecule has 3 N–H and O–H groups in total. The predicted octanol–water partition coefficient (Wildman–Crippen LogP) is 2.56. The molecule has 0 aliphatic carbocycles. The largest absolute Gasteiger partial charge is 0.382 e. The Morgan fingerprint density at radius 1 is 1.15 bits per heavy atom. The van der Waals surface area contributed by atoms with Gasteiger partial charge in [-0.1, -0.05) is 18.2 Å². The standard InChI is InChI=1S/C22H21F2N5O3S/c1-29(12-19(23)24)33(31,32)16-5-2-13(3-6-16)18-11-27-21(25)20(28-18)15-4-7-17-14(10-15)8-9-26-22(17)30/h2-7,10-11,19H,8-9,12H2,1H3,(H2,25,27)(H,26,30). The molecule has 1 amide bonds. The van der Waals surface area contributed by atoms with Gasteiger partial charge in [-0.15, -0.1) is 0 Å². The molecule has 0 unspecified atom stereocenters. The molecule has 0 radical (unpaired) electrons. The summed E-state index contributed by atoms with van der Waals surface area (Å²) in [5.74, 6) is 0.0941. The van der Waals surface area contributed by atoms with Crippen LogP contribution in [-0.4, -0.2) is 55.2 Å². The number of hydrogen-bond donors (Lipinski definition) is 2. The Hall–Kier alpha value is -3.44. The van der Waals surface area contributed by atoms with Crippen molar-refractivity contribution in [2.75, 3.05) is 25.9 Å². The lowest BCUT2D eigenvalue weighted by Gasteiger charge is -2.17. The number of aromatic nitrogens is 2. The number of nitrogen functional groups attached to an aromatic ring is 1. The molecule has 1 aromatic heterocycles. The number of carbonyl (C=O) groups excluding carboxylic acids is 1. The molecule has 0 bridgehead atoms. The molecule has 4 rings (SSSR count). The van der Waals surface area contributed by atoms with Crippen LogP contribution in [0.4, 0.5) is 14.6 Å². The minimum atomic E-state index is -4.04. The lowest BCUT2D eigenvalue weighted by Crippen LogP contribution is -2.31. The highest BCUT2D eigenvalue weighted by molar-refractivity contribution is 7.89. The summed E-state index contributed by atoms with van der Waals surface area (Å²) in [6.45, 7) is -0.336. The Kier molecular flexibility index (Phi) is 6.09. The quantitative estimate of drug-likeness (QED) is 0.568. The van der Waals surface area contributed by atoms with Crippen LogP contribution in [0.5, 0.6) is 0 Å². The zero-order valence-electron chi connectivity index (χ0n) is 17.6. The molecule has 3 aromatic rings. The van der Waals surface area contributed by atoms with E-state index in [1.165, 1.54) is 30.5 Å². The third kappa shape index (κ3) is 4.55. The minimum Gasteiger partial charge on any atom is -0.382 e. The van der Waals surface area contributed by atoms with E-state index in [2.05, 4.69) is 15.3 Å². The van der Waals surface area contributed by atoms with Crippen LogP contribution in [0.15, 0.2) is 53.6 Å². The van der Waals surface area contributed by atoms with Gasteiger partial charge in [0.1, 0.15) is 11.5 Å². The van der Waals surface area contributed by atoms with Crippen molar-refractivity contribution in [2.45, 2.75) is 17.7 Å². The van der Waals surface area contributed by atoms with E-state index < -0.39 is 23.0 Å². The van der Waals surface area contributed by atoms with Gasteiger partial charge in [0.15, 0.2) is 0 Å². The van der Waals surface area contributed by atoms with Crippen LogP contribution in [0, 0.1) is 0 Å². The molecule has 0 saturated carbocycles. The van der Waals surface area contributed by atoms with Gasteiger partial charge in [0, 0.05) is 30.3 Å². The number of benzene rings is 2. The van der Waals surface area contributed by atoms with Crippen molar-refractivity contribution in [3.8, 4) is 22.5 Å². The first-order chi connectivity index (χ1) is 15.7. The number of fused-ring (bicyclic) bond motifs is 1. The van der Waals surface area contributed by atoms with Gasteiger partial charge in [-0.3, -0.25) is 4.79 Å². The van der Waals surface area contributed by atoms with Gasteiger partial charge in [-0.25, -0.2) is 27.2 Å². The zero-order chi connectivity index (χ0) is 23.8. The first-order valence-corrected chi connectivity index (χ1v) is 11.5. The molecule has 2 aromatic carbocycles. The maximum Gasteiger partial charge on any atom is 0.252 e. The molecular formula is C22H21F2N5O3S. The number of nitrogens with one attached hydrogen (secondary N) is 1. The number of rotatable bonds is 6. The second-order valence-corrected chi connectivity index (χ2v) is 9.61. The molecule has 1 aliphatic rings. The number of sulfonamides is 1. The SMILES string of the molecule is CN(CC(F)F)S(=O)(=O)c1ccc(-c2cnc(N)c(-c3ccc4c(c3)CCNC4=O)n2)cc1. The van der Waals surface area contributed by atoms with E-state index in [-0.39, 0.29) is 16.6 Å². The maximum absolute atomic E-state index is 12.6. The van der Waals surface area contributed by atoms with Gasteiger partial charge < -0.3 is 11.1 Å². The minimum absolute atomic E-state index is 0.106. The molecule has 1 aliphatic heterocycles. The molecule has 172 valence electrons. The van der Waals surface area contributed by atoms with E-state index in [1.807, 2.05) is 6.07 Å². The van der Waals surface area contributed by atoms with E-state index >= 15 is 0 Å². The topological polar surface area (TPSA) is 118 Å². The van der Waals surface area contributed by atoms with Gasteiger partial charge >= 0.3 is 0 Å². The smallest absolute Gasteiger partial charge is 0.252 e. The Balaban J connectivity index is 1.65. The summed E-state index contributed by atoms with van der Waals surface area (Å²) in [6, 6.07) is 11.1. The number of nitrogens with two attached hydrogens (primary N) is 1. The second-order valence-electron chi connectivity index (χ2n) is 7.57. The molecule has 8 nitrogen and oxygen atoms in total. The van der Waals surface area contributed by atoms with Crippen molar-refractivity contribution >= 4 is 21.7 Å². The fraction of sp³-hybridized carbons (Fsp3) is 0.227. The van der Waals surface area contributed by atoms with Crippen molar-refractivity contribution < 1.29 is 22.0 Å². The van der Waals surface area contributed by atoms with Gasteiger partial charge in [0.2, 0.25) is 10.0 Å². The Bertz CT molecular complexity index is 1310. The fourth-order valence-corrected chi connectivity index (χ4v) is 4.74. The number of anilines is 1. The highest BCUT2D eigenvalue weighted by Gasteiger charge is 2.24. The van der Waals surface area contributed by atoms with E-state index in [0.29, 0.717) is 45.3 Å². The summed E-state index contributed by atoms with van der Waals surface area (Å²) in [7, 11) is -2.93. The van der Waals surface area contributed by atoms with Crippen molar-refractivity contribution in [3.05, 3.63) is 59.8 Å². The number of carbonyl (C=O) groups is 1. The van der Waals surface area contributed by atoms with Crippen molar-refractivity contribution in [3.63, 3.8) is 0 Å². The molecule has 0 spiro atoms. The summed E-state index contributed by atoms with van der Waals surface area (Å²) in [4.78, 5) is 20.7. The van der Waals surface area contributed by atoms with Crippen LogP contribution >= 0.6 is 0 Å². The van der Waals surface area contributed by atoms with Crippen LogP contribution in [0.25, 0.3) is 22.5 Å². The first-order valence-electron chi connectivity index (χ1n) is 10.1. The third-order valence-electron chi connectivity index (χ3n) is 5.36. The zero-order valence-corrected chi connectivity index (χ0v) is 18.4. The van der Waals surface area contributed by atoms with Gasteiger partial charge in [-0.05, 0) is 36.2 Å². The van der Waals surface area contributed by atoms with Gasteiger partial charge in [0.25, 0.3) is 12.3 Å². The van der Waals surface area contributed by atoms with Crippen LogP contribution in [0.2, 0.25) is 0 Å². The molecule has 0 fully saturated rings. The highest BCUT2D eigenvalue weighted by Crippen LogP contribution is 2.29. The summed E-state index contributed by atoms with van der Waals surface area (Å²) in [6.07, 6.45) is -0.611. The third-order valence-corrected chi connectivity index (χ3v) is 7.19. The van der Waals surface area contributed by atoms with Gasteiger partial charge in [-0.2, -0.15) is 4.31 Å². The molecule has 11 heteroatoms. The van der Waals surface area contributed by atoms with Gasteiger partial charge in [0.05, 0.1) is 23.3 Å². The number of alkyl halides is 2. The van der Waals surface area contributed by atoms with E-state index in [0.717, 1.165) is 12.6 Å². The molecule has 33 heavy (non-hydrogen) atoms. The van der Waals surface area contributed by atoms with Crippen LogP contribution in [-0.2, 0) is 16.4 Å². The van der Waals surface area contributed by atoms with E-state index in [4.69, 9.17) is 5.73 Å². The predicted molar refractivity (Wildman–Crippen MR) is 119 cm³/mol. The Labute approximate surface area is 189 Å². The number of halogens is 2. The second kappa shape index (κ2) is 8.83. The van der Waals surface area contributed by atoms with Crippen molar-refractivity contribution in [1.82, 2.24) is 19.6 Å². The number of nitrogens with zero attached hydrogens (tertiary/aromatic N) is 3. The van der Waals surface area contributed by atoms with Crippen LogP contribution in [0.3, 0.4) is 0 Å². The number of amides is 1. The fourth-order valence-electron chi connectivity index (χ4n) is 3.60. The summed E-state index contributed by atoms with van der Waals surface area (Å²) in [5.41, 5.74) is 9.75. The average molecular weight is 474 g/mol. The molecular weight excluding hydrogens is 452 g/mol. The molecule has 2 heterocycles. The highest BCUT2D eigenvalue weighted by atomic mass is 32.2. The average Bonchev–Trinajstić information content (AvgIpc) is 2.79. The monoisotopic (exact) mass is 473 g/mol. The molecule has 0 atom stereocenters. The lowest BCUT2D eigenvalue weighted by molar-refractivity contribution is 0.0946. The Morgan fingerprint density at radius 2 is 1.85 bits per heavy atom. The summed E-state index contributed by atoms with van der Waals surface area (Å²) >= 11 is 0. The first kappa shape index (κ1) is 22.7. The summed E-state index contributed by atoms with van der Waals surface area (Å²) < 4.78 is 50.7. The van der Waals surface area contributed by atoms with Crippen molar-refractivity contribution in [2.24, 2.45) is 0 Å². The molecule has 0 saturated heterocycles. The van der Waals surface area contributed by atoms with Crippen LogP contribution < -0.4 is 11.1 Å². The lowest BCUT2D eigenvalue weighted by atomic mass is 9.96. The van der Waals surface area contributed by atoms with Crippen molar-refractivity contribution in [1.29, 1.82) is 0 Å². The van der Waals surface area contributed by atoms with E-state index in [1.54, 1.807) is 12.1 Å². The number of hydrogen-bond acceptors (Lipinski definition) is 6. The Morgan fingerprint density at radius 3 is 2.55 bits per heavy atom. The summed E-state index contributed by atoms with van der Waals surface area (Å²) in [5, 5.41) is 2.80.